The number of hydrogen-bond donors (Lipinski definition) is 1. The van der Waals surface area contributed by atoms with E-state index in [0.29, 0.717) is 35.7 Å². The van der Waals surface area contributed by atoms with Crippen LogP contribution in [-0.4, -0.2) is 30.8 Å². The number of fused-ring (bicyclic) bond motifs is 1. The molecule has 3 aromatic rings. The third-order valence-electron chi connectivity index (χ3n) is 4.97. The number of rotatable bonds is 5. The van der Waals surface area contributed by atoms with Crippen molar-refractivity contribution < 1.29 is 8.42 Å². The van der Waals surface area contributed by atoms with E-state index in [4.69, 9.17) is 0 Å². The second-order valence-electron chi connectivity index (χ2n) is 6.85. The molecule has 6 heteroatoms. The van der Waals surface area contributed by atoms with E-state index in [9.17, 15) is 8.42 Å². The van der Waals surface area contributed by atoms with Crippen molar-refractivity contribution in [3.63, 3.8) is 0 Å². The van der Waals surface area contributed by atoms with Crippen LogP contribution in [0.25, 0.3) is 10.8 Å². The van der Waals surface area contributed by atoms with Gasteiger partial charge in [0.05, 0.1) is 4.90 Å². The molecule has 1 fully saturated rings. The molecule has 0 bridgehead atoms. The molecule has 1 aliphatic rings. The zero-order chi connectivity index (χ0) is 18.7. The number of aromatic nitrogens is 1. The molecule has 2 heterocycles. The van der Waals surface area contributed by atoms with Crippen LogP contribution in [0.2, 0.25) is 0 Å². The Hall–Kier alpha value is -2.44. The third kappa shape index (κ3) is 3.82. The van der Waals surface area contributed by atoms with E-state index in [2.05, 4.69) is 10.3 Å². The number of pyridine rings is 1. The Labute approximate surface area is 160 Å². The number of benzene rings is 2. The summed E-state index contributed by atoms with van der Waals surface area (Å²) >= 11 is 0. The molecule has 0 aliphatic carbocycles. The molecule has 0 saturated carbocycles. The fourth-order valence-electron chi connectivity index (χ4n) is 3.50. The first-order valence-electron chi connectivity index (χ1n) is 9.31. The van der Waals surface area contributed by atoms with Gasteiger partial charge in [0.15, 0.2) is 0 Å². The van der Waals surface area contributed by atoms with Crippen LogP contribution in [0.3, 0.4) is 0 Å². The first kappa shape index (κ1) is 17.9. The first-order chi connectivity index (χ1) is 13.1. The van der Waals surface area contributed by atoms with E-state index in [1.165, 1.54) is 0 Å². The normalized spacial score (nSPS) is 15.7. The summed E-state index contributed by atoms with van der Waals surface area (Å²) in [6.45, 7) is 1.84. The van der Waals surface area contributed by atoms with Gasteiger partial charge in [-0.2, -0.15) is 4.31 Å². The molecule has 5 nitrogen and oxygen atoms in total. The van der Waals surface area contributed by atoms with Gasteiger partial charge in [0, 0.05) is 36.6 Å². The lowest BCUT2D eigenvalue weighted by Gasteiger charge is -2.26. The summed E-state index contributed by atoms with van der Waals surface area (Å²) in [5, 5.41) is 4.84. The first-order valence-corrected chi connectivity index (χ1v) is 10.8. The number of piperidine rings is 1. The van der Waals surface area contributed by atoms with E-state index < -0.39 is 10.0 Å². The van der Waals surface area contributed by atoms with Gasteiger partial charge in [-0.05, 0) is 30.5 Å². The third-order valence-corrected chi connectivity index (χ3v) is 6.93. The summed E-state index contributed by atoms with van der Waals surface area (Å²) in [7, 11) is -3.49. The second-order valence-corrected chi connectivity index (χ2v) is 8.76. The number of sulfonamides is 1. The smallest absolute Gasteiger partial charge is 0.243 e. The molecule has 2 aromatic carbocycles. The van der Waals surface area contributed by atoms with Crippen LogP contribution in [0.5, 0.6) is 0 Å². The second kappa shape index (κ2) is 7.66. The maximum Gasteiger partial charge on any atom is 0.243 e. The highest BCUT2D eigenvalue weighted by molar-refractivity contribution is 7.89. The van der Waals surface area contributed by atoms with Crippen molar-refractivity contribution in [2.75, 3.05) is 18.4 Å². The minimum absolute atomic E-state index is 0.368. The van der Waals surface area contributed by atoms with Crippen LogP contribution in [0.1, 0.15) is 24.8 Å². The Morgan fingerprint density at radius 1 is 0.963 bits per heavy atom. The van der Waals surface area contributed by atoms with Crippen LogP contribution in [-0.2, 0) is 16.6 Å². The largest absolute Gasteiger partial charge is 0.366 e. The highest BCUT2D eigenvalue weighted by atomic mass is 32.2. The minimum atomic E-state index is -3.49. The van der Waals surface area contributed by atoms with Gasteiger partial charge in [0.25, 0.3) is 0 Å². The fraction of sp³-hybridized carbons (Fsp3) is 0.286. The van der Waals surface area contributed by atoms with Crippen molar-refractivity contribution in [2.45, 2.75) is 30.7 Å². The van der Waals surface area contributed by atoms with Crippen LogP contribution in [0, 0.1) is 0 Å². The Morgan fingerprint density at radius 2 is 1.74 bits per heavy atom. The predicted octanol–water partition coefficient (Wildman–Crippen LogP) is 4.02. The summed E-state index contributed by atoms with van der Waals surface area (Å²) in [6.07, 6.45) is 4.68. The van der Waals surface area contributed by atoms with Gasteiger partial charge in [-0.3, -0.25) is 0 Å². The zero-order valence-electron chi connectivity index (χ0n) is 15.1. The molecule has 0 radical (unpaired) electrons. The topological polar surface area (TPSA) is 62.3 Å². The number of nitrogens with one attached hydrogen (secondary N) is 1. The molecule has 4 rings (SSSR count). The molecule has 1 N–H and O–H groups in total. The van der Waals surface area contributed by atoms with Gasteiger partial charge in [0.2, 0.25) is 10.0 Å². The Balaban J connectivity index is 1.67. The monoisotopic (exact) mass is 381 g/mol. The van der Waals surface area contributed by atoms with Crippen molar-refractivity contribution in [3.8, 4) is 0 Å². The molecule has 1 saturated heterocycles. The van der Waals surface area contributed by atoms with E-state index in [1.807, 2.05) is 42.5 Å². The van der Waals surface area contributed by atoms with Crippen molar-refractivity contribution in [3.05, 3.63) is 66.4 Å². The highest BCUT2D eigenvalue weighted by Crippen LogP contribution is 2.28. The lowest BCUT2D eigenvalue weighted by Crippen LogP contribution is -2.35. The molecule has 0 unspecified atom stereocenters. The van der Waals surface area contributed by atoms with Crippen molar-refractivity contribution in [1.29, 1.82) is 0 Å². The number of nitrogens with zero attached hydrogens (tertiary/aromatic N) is 2. The SMILES string of the molecule is O=S(=O)(c1cccc2cnc(NCc3ccccc3)cc12)N1CCCCC1. The van der Waals surface area contributed by atoms with E-state index in [0.717, 1.165) is 30.2 Å². The van der Waals surface area contributed by atoms with Gasteiger partial charge in [0.1, 0.15) is 5.82 Å². The lowest BCUT2D eigenvalue weighted by molar-refractivity contribution is 0.347. The van der Waals surface area contributed by atoms with Crippen LogP contribution >= 0.6 is 0 Å². The van der Waals surface area contributed by atoms with Gasteiger partial charge >= 0.3 is 0 Å². The van der Waals surface area contributed by atoms with E-state index in [-0.39, 0.29) is 0 Å². The number of hydrogen-bond acceptors (Lipinski definition) is 4. The lowest BCUT2D eigenvalue weighted by atomic mass is 10.2. The van der Waals surface area contributed by atoms with Gasteiger partial charge in [-0.15, -0.1) is 0 Å². The number of anilines is 1. The molecular formula is C21H23N3O2S. The molecule has 1 aliphatic heterocycles. The van der Waals surface area contributed by atoms with Gasteiger partial charge in [-0.1, -0.05) is 48.9 Å². The Kier molecular flexibility index (Phi) is 5.09. The van der Waals surface area contributed by atoms with Crippen molar-refractivity contribution in [1.82, 2.24) is 9.29 Å². The quantitative estimate of drug-likeness (QED) is 0.725. The van der Waals surface area contributed by atoms with Crippen LogP contribution in [0.4, 0.5) is 5.82 Å². The molecule has 0 atom stereocenters. The average Bonchev–Trinajstić information content (AvgIpc) is 2.73. The maximum absolute atomic E-state index is 13.2. The van der Waals surface area contributed by atoms with Crippen molar-refractivity contribution in [2.24, 2.45) is 0 Å². The molecular weight excluding hydrogens is 358 g/mol. The van der Waals surface area contributed by atoms with E-state index >= 15 is 0 Å². The van der Waals surface area contributed by atoms with E-state index in [1.54, 1.807) is 22.6 Å². The Morgan fingerprint density at radius 3 is 2.52 bits per heavy atom. The standard InChI is InChI=1S/C21H23N3O2S/c25-27(26,24-12-5-2-6-13-24)20-11-7-10-18-16-23-21(14-19(18)20)22-15-17-8-3-1-4-9-17/h1,3-4,7-11,14,16H,2,5-6,12-13,15H2,(H,22,23). The van der Waals surface area contributed by atoms with Gasteiger partial charge in [-0.25, -0.2) is 13.4 Å². The summed E-state index contributed by atoms with van der Waals surface area (Å²) in [4.78, 5) is 4.81. The Bertz CT molecular complexity index is 1030. The van der Waals surface area contributed by atoms with Crippen LogP contribution in [0.15, 0.2) is 65.7 Å². The minimum Gasteiger partial charge on any atom is -0.366 e. The summed E-state index contributed by atoms with van der Waals surface area (Å²) in [5.41, 5.74) is 1.15. The highest BCUT2D eigenvalue weighted by Gasteiger charge is 2.27. The summed E-state index contributed by atoms with van der Waals surface area (Å²) < 4.78 is 28.0. The summed E-state index contributed by atoms with van der Waals surface area (Å²) in [5.74, 6) is 0.674. The predicted molar refractivity (Wildman–Crippen MR) is 108 cm³/mol. The van der Waals surface area contributed by atoms with Gasteiger partial charge < -0.3 is 5.32 Å². The molecule has 0 amide bonds. The molecule has 0 spiro atoms. The average molecular weight is 382 g/mol. The van der Waals surface area contributed by atoms with Crippen molar-refractivity contribution >= 4 is 26.6 Å². The summed E-state index contributed by atoms with van der Waals surface area (Å²) in [6, 6.07) is 17.3. The molecule has 140 valence electrons. The van der Waals surface area contributed by atoms with Crippen LogP contribution < -0.4 is 5.32 Å². The molecule has 27 heavy (non-hydrogen) atoms. The zero-order valence-corrected chi connectivity index (χ0v) is 16.0. The fourth-order valence-corrected chi connectivity index (χ4v) is 5.22. The molecule has 1 aromatic heterocycles. The maximum atomic E-state index is 13.2.